The van der Waals surface area contributed by atoms with Crippen LogP contribution in [0.5, 0.6) is 5.75 Å². The molecule has 0 saturated heterocycles. The summed E-state index contributed by atoms with van der Waals surface area (Å²) < 4.78 is 21.6. The average Bonchev–Trinajstić information content (AvgIpc) is 3.13. The first-order chi connectivity index (χ1) is 14.3. The predicted molar refractivity (Wildman–Crippen MR) is 117 cm³/mol. The second-order valence-corrected chi connectivity index (χ2v) is 8.22. The number of hydrogen-bond donors (Lipinski definition) is 1. The van der Waals surface area contributed by atoms with Gasteiger partial charge in [-0.1, -0.05) is 41.6 Å². The van der Waals surface area contributed by atoms with Gasteiger partial charge in [0, 0.05) is 16.8 Å². The Morgan fingerprint density at radius 3 is 2.67 bits per heavy atom. The van der Waals surface area contributed by atoms with Gasteiger partial charge in [0.25, 0.3) is 0 Å². The van der Waals surface area contributed by atoms with E-state index in [1.165, 1.54) is 17.8 Å². The van der Waals surface area contributed by atoms with E-state index in [0.717, 1.165) is 0 Å². The summed E-state index contributed by atoms with van der Waals surface area (Å²) in [7, 11) is 0. The minimum atomic E-state index is -0.522. The number of carbonyl (C=O) groups is 1. The van der Waals surface area contributed by atoms with Crippen molar-refractivity contribution in [1.29, 1.82) is 0 Å². The van der Waals surface area contributed by atoms with E-state index >= 15 is 0 Å². The number of nitrogens with zero attached hydrogens (tertiary/aromatic N) is 3. The van der Waals surface area contributed by atoms with Crippen molar-refractivity contribution in [2.45, 2.75) is 38.1 Å². The number of rotatable bonds is 8. The van der Waals surface area contributed by atoms with Gasteiger partial charge in [0.15, 0.2) is 28.7 Å². The lowest BCUT2D eigenvalue weighted by molar-refractivity contribution is -0.113. The topological polar surface area (TPSA) is 69.0 Å². The quantitative estimate of drug-likeness (QED) is 0.459. The van der Waals surface area contributed by atoms with Crippen LogP contribution in [0.3, 0.4) is 0 Å². The Morgan fingerprint density at radius 1 is 1.20 bits per heavy atom. The van der Waals surface area contributed by atoms with E-state index < -0.39 is 11.9 Å². The van der Waals surface area contributed by atoms with Crippen LogP contribution in [0.4, 0.5) is 10.1 Å². The largest absolute Gasteiger partial charge is 0.480 e. The molecule has 1 amide bonds. The number of halogens is 2. The molecule has 0 spiro atoms. The summed E-state index contributed by atoms with van der Waals surface area (Å²) in [4.78, 5) is 12.3. The maximum atomic E-state index is 13.9. The van der Waals surface area contributed by atoms with Gasteiger partial charge in [-0.05, 0) is 51.1 Å². The number of thioether (sulfide) groups is 1. The Balaban J connectivity index is 1.69. The van der Waals surface area contributed by atoms with Crippen LogP contribution in [-0.2, 0) is 4.79 Å². The SMILES string of the molecule is CC(Oc1ccccc1F)c1nnc(SCC(=O)Nc2cccc(Cl)c2)n1C(C)C. The molecule has 0 saturated carbocycles. The van der Waals surface area contributed by atoms with Crippen LogP contribution in [-0.4, -0.2) is 26.4 Å². The van der Waals surface area contributed by atoms with Gasteiger partial charge in [0.05, 0.1) is 5.75 Å². The molecule has 2 aromatic carbocycles. The lowest BCUT2D eigenvalue weighted by Crippen LogP contribution is -2.16. The Hall–Kier alpha value is -2.58. The van der Waals surface area contributed by atoms with Crippen molar-refractivity contribution in [2.24, 2.45) is 0 Å². The van der Waals surface area contributed by atoms with Crippen LogP contribution < -0.4 is 10.1 Å². The number of carbonyl (C=O) groups excluding carboxylic acids is 1. The number of para-hydroxylation sites is 1. The molecule has 0 aliphatic heterocycles. The molecule has 30 heavy (non-hydrogen) atoms. The molecule has 1 aromatic heterocycles. The Labute approximate surface area is 183 Å². The number of nitrogens with one attached hydrogen (secondary N) is 1. The summed E-state index contributed by atoms with van der Waals surface area (Å²) in [5.41, 5.74) is 0.631. The van der Waals surface area contributed by atoms with Gasteiger partial charge in [-0.3, -0.25) is 4.79 Å². The first kappa shape index (κ1) is 22.1. The highest BCUT2D eigenvalue weighted by atomic mass is 35.5. The molecule has 0 aliphatic carbocycles. The summed E-state index contributed by atoms with van der Waals surface area (Å²) in [6.07, 6.45) is -0.522. The lowest BCUT2D eigenvalue weighted by Gasteiger charge is -2.19. The summed E-state index contributed by atoms with van der Waals surface area (Å²) in [5, 5.41) is 12.4. The minimum Gasteiger partial charge on any atom is -0.480 e. The van der Waals surface area contributed by atoms with E-state index in [4.69, 9.17) is 16.3 Å². The third kappa shape index (κ3) is 5.52. The summed E-state index contributed by atoms with van der Waals surface area (Å²) in [6.45, 7) is 5.76. The number of benzene rings is 2. The zero-order valence-electron chi connectivity index (χ0n) is 16.8. The van der Waals surface area contributed by atoms with Gasteiger partial charge in [-0.15, -0.1) is 10.2 Å². The first-order valence-corrected chi connectivity index (χ1v) is 10.8. The van der Waals surface area contributed by atoms with E-state index in [9.17, 15) is 9.18 Å². The van der Waals surface area contributed by atoms with Gasteiger partial charge in [0.1, 0.15) is 0 Å². The molecule has 3 rings (SSSR count). The van der Waals surface area contributed by atoms with Crippen LogP contribution in [0.25, 0.3) is 0 Å². The van der Waals surface area contributed by atoms with Gasteiger partial charge >= 0.3 is 0 Å². The Morgan fingerprint density at radius 2 is 1.97 bits per heavy atom. The van der Waals surface area contributed by atoms with Crippen molar-refractivity contribution in [3.8, 4) is 5.75 Å². The van der Waals surface area contributed by atoms with Crippen LogP contribution in [0.2, 0.25) is 5.02 Å². The van der Waals surface area contributed by atoms with Gasteiger partial charge < -0.3 is 14.6 Å². The molecule has 0 radical (unpaired) electrons. The summed E-state index contributed by atoms with van der Waals surface area (Å²) >= 11 is 7.21. The molecule has 1 unspecified atom stereocenters. The van der Waals surface area contributed by atoms with Crippen molar-refractivity contribution < 1.29 is 13.9 Å². The van der Waals surface area contributed by atoms with E-state index in [0.29, 0.717) is 21.7 Å². The standard InChI is InChI=1S/C21H22ClFN4O2S/c1-13(2)27-20(14(3)29-18-10-5-4-9-17(18)23)25-26-21(27)30-12-19(28)24-16-8-6-7-15(22)11-16/h4-11,13-14H,12H2,1-3H3,(H,24,28). The van der Waals surface area contributed by atoms with Crippen LogP contribution in [0.15, 0.2) is 53.7 Å². The normalized spacial score (nSPS) is 12.1. The zero-order valence-corrected chi connectivity index (χ0v) is 18.4. The number of ether oxygens (including phenoxy) is 1. The van der Waals surface area contributed by atoms with Crippen molar-refractivity contribution in [1.82, 2.24) is 14.8 Å². The minimum absolute atomic E-state index is 0.0279. The maximum Gasteiger partial charge on any atom is 0.234 e. The third-order valence-corrected chi connectivity index (χ3v) is 5.33. The van der Waals surface area contributed by atoms with E-state index in [-0.39, 0.29) is 23.5 Å². The van der Waals surface area contributed by atoms with Crippen LogP contribution in [0.1, 0.15) is 38.7 Å². The lowest BCUT2D eigenvalue weighted by atomic mass is 10.3. The molecular formula is C21H22ClFN4O2S. The summed E-state index contributed by atoms with van der Waals surface area (Å²) in [6, 6.07) is 13.2. The number of anilines is 1. The Kier molecular flexibility index (Phi) is 7.33. The van der Waals surface area contributed by atoms with Crippen LogP contribution in [0, 0.1) is 5.82 Å². The third-order valence-electron chi connectivity index (χ3n) is 4.15. The van der Waals surface area contributed by atoms with Gasteiger partial charge in [-0.25, -0.2) is 4.39 Å². The van der Waals surface area contributed by atoms with E-state index in [1.54, 1.807) is 49.4 Å². The average molecular weight is 449 g/mol. The molecule has 0 aliphatic rings. The van der Waals surface area contributed by atoms with Gasteiger partial charge in [-0.2, -0.15) is 0 Å². The fourth-order valence-corrected chi connectivity index (χ4v) is 3.89. The fraction of sp³-hybridized carbons (Fsp3) is 0.286. The molecule has 0 fully saturated rings. The Bertz CT molecular complexity index is 1030. The zero-order chi connectivity index (χ0) is 21.7. The second kappa shape index (κ2) is 9.95. The molecule has 3 aromatic rings. The monoisotopic (exact) mass is 448 g/mol. The molecule has 9 heteroatoms. The van der Waals surface area contributed by atoms with Crippen LogP contribution >= 0.6 is 23.4 Å². The van der Waals surface area contributed by atoms with Crippen molar-refractivity contribution >= 4 is 35.0 Å². The molecule has 158 valence electrons. The highest BCUT2D eigenvalue weighted by molar-refractivity contribution is 7.99. The first-order valence-electron chi connectivity index (χ1n) is 9.39. The molecule has 1 atom stereocenters. The van der Waals surface area contributed by atoms with Crippen molar-refractivity contribution in [3.63, 3.8) is 0 Å². The maximum absolute atomic E-state index is 13.9. The highest BCUT2D eigenvalue weighted by Crippen LogP contribution is 2.28. The fourth-order valence-electron chi connectivity index (χ4n) is 2.83. The number of hydrogen-bond acceptors (Lipinski definition) is 5. The highest BCUT2D eigenvalue weighted by Gasteiger charge is 2.22. The number of aromatic nitrogens is 3. The molecule has 0 bridgehead atoms. The summed E-state index contributed by atoms with van der Waals surface area (Å²) in [5.74, 6) is 0.245. The predicted octanol–water partition coefficient (Wildman–Crippen LogP) is 5.52. The van der Waals surface area contributed by atoms with Crippen molar-refractivity contribution in [3.05, 3.63) is 65.2 Å². The van der Waals surface area contributed by atoms with Crippen molar-refractivity contribution in [2.75, 3.05) is 11.1 Å². The van der Waals surface area contributed by atoms with E-state index in [1.807, 2.05) is 18.4 Å². The number of amides is 1. The van der Waals surface area contributed by atoms with E-state index in [2.05, 4.69) is 15.5 Å². The molecule has 6 nitrogen and oxygen atoms in total. The smallest absolute Gasteiger partial charge is 0.234 e. The second-order valence-electron chi connectivity index (χ2n) is 6.84. The molecular weight excluding hydrogens is 427 g/mol. The molecule has 1 N–H and O–H groups in total. The van der Waals surface area contributed by atoms with Gasteiger partial charge in [0.2, 0.25) is 5.91 Å². The molecule has 1 heterocycles.